The molecule has 1 aromatic carbocycles. The van der Waals surface area contributed by atoms with Gasteiger partial charge in [-0.2, -0.15) is 0 Å². The molecule has 1 rings (SSSR count). The summed E-state index contributed by atoms with van der Waals surface area (Å²) in [5.41, 5.74) is 5.99. The van der Waals surface area contributed by atoms with E-state index in [9.17, 15) is 8.42 Å². The van der Waals surface area contributed by atoms with Crippen LogP contribution in [0.5, 0.6) is 5.75 Å². The fourth-order valence-corrected chi connectivity index (χ4v) is 2.36. The van der Waals surface area contributed by atoms with Crippen LogP contribution < -0.4 is 15.2 Å². The molecule has 15 heavy (non-hydrogen) atoms. The SMILES string of the molecule is CCNS(=O)(=O)c1ccc(N)cc1OC. The summed E-state index contributed by atoms with van der Waals surface area (Å²) in [6.07, 6.45) is 0. The number of rotatable bonds is 4. The Morgan fingerprint density at radius 1 is 1.47 bits per heavy atom. The molecule has 0 saturated heterocycles. The number of methoxy groups -OCH3 is 1. The van der Waals surface area contributed by atoms with Gasteiger partial charge in [-0.1, -0.05) is 6.92 Å². The van der Waals surface area contributed by atoms with E-state index in [1.807, 2.05) is 0 Å². The van der Waals surface area contributed by atoms with Gasteiger partial charge in [-0.25, -0.2) is 13.1 Å². The van der Waals surface area contributed by atoms with Gasteiger partial charge in [0.25, 0.3) is 0 Å². The Morgan fingerprint density at radius 2 is 2.13 bits per heavy atom. The lowest BCUT2D eigenvalue weighted by molar-refractivity contribution is 0.402. The van der Waals surface area contributed by atoms with Crippen LogP contribution in [0.15, 0.2) is 23.1 Å². The highest BCUT2D eigenvalue weighted by Gasteiger charge is 2.18. The van der Waals surface area contributed by atoms with Crippen LogP contribution in [-0.4, -0.2) is 22.1 Å². The Balaban J connectivity index is 3.25. The maximum atomic E-state index is 11.7. The number of nitrogen functional groups attached to an aromatic ring is 1. The molecule has 0 saturated carbocycles. The molecular weight excluding hydrogens is 216 g/mol. The largest absolute Gasteiger partial charge is 0.495 e. The monoisotopic (exact) mass is 230 g/mol. The van der Waals surface area contributed by atoms with E-state index >= 15 is 0 Å². The molecule has 6 heteroatoms. The third kappa shape index (κ3) is 2.60. The molecule has 0 aliphatic heterocycles. The van der Waals surface area contributed by atoms with E-state index < -0.39 is 10.0 Å². The zero-order chi connectivity index (χ0) is 11.5. The average molecular weight is 230 g/mol. The number of ether oxygens (including phenoxy) is 1. The predicted molar refractivity (Wildman–Crippen MR) is 58.3 cm³/mol. The van der Waals surface area contributed by atoms with Gasteiger partial charge in [-0.05, 0) is 12.1 Å². The van der Waals surface area contributed by atoms with Gasteiger partial charge in [0, 0.05) is 18.3 Å². The summed E-state index contributed by atoms with van der Waals surface area (Å²) in [5, 5.41) is 0. The number of nitrogens with one attached hydrogen (secondary N) is 1. The van der Waals surface area contributed by atoms with E-state index in [4.69, 9.17) is 10.5 Å². The van der Waals surface area contributed by atoms with Crippen molar-refractivity contribution < 1.29 is 13.2 Å². The zero-order valence-electron chi connectivity index (χ0n) is 8.65. The van der Waals surface area contributed by atoms with Crippen LogP contribution >= 0.6 is 0 Å². The Kier molecular flexibility index (Phi) is 3.54. The van der Waals surface area contributed by atoms with E-state index in [0.717, 1.165) is 0 Å². The topological polar surface area (TPSA) is 81.4 Å². The van der Waals surface area contributed by atoms with Gasteiger partial charge in [-0.3, -0.25) is 0 Å². The first-order chi connectivity index (χ1) is 7.01. The van der Waals surface area contributed by atoms with Crippen LogP contribution in [0.4, 0.5) is 5.69 Å². The van der Waals surface area contributed by atoms with Crippen LogP contribution in [0.3, 0.4) is 0 Å². The minimum atomic E-state index is -3.50. The first-order valence-electron chi connectivity index (χ1n) is 4.44. The summed E-state index contributed by atoms with van der Waals surface area (Å²) >= 11 is 0. The summed E-state index contributed by atoms with van der Waals surface area (Å²) in [4.78, 5) is 0.0982. The smallest absolute Gasteiger partial charge is 0.244 e. The normalized spacial score (nSPS) is 11.3. The zero-order valence-corrected chi connectivity index (χ0v) is 9.47. The molecular formula is C9H14N2O3S. The van der Waals surface area contributed by atoms with Crippen molar-refractivity contribution in [3.63, 3.8) is 0 Å². The molecule has 0 unspecified atom stereocenters. The van der Waals surface area contributed by atoms with Gasteiger partial charge in [0.05, 0.1) is 7.11 Å². The van der Waals surface area contributed by atoms with E-state index in [1.165, 1.54) is 25.3 Å². The average Bonchev–Trinajstić information content (AvgIpc) is 2.17. The summed E-state index contributed by atoms with van der Waals surface area (Å²) < 4.78 is 30.7. The first kappa shape index (κ1) is 11.8. The molecule has 0 radical (unpaired) electrons. The molecule has 0 heterocycles. The molecule has 0 aliphatic carbocycles. The van der Waals surface area contributed by atoms with Gasteiger partial charge >= 0.3 is 0 Å². The molecule has 0 fully saturated rings. The van der Waals surface area contributed by atoms with Crippen molar-refractivity contribution in [2.45, 2.75) is 11.8 Å². The highest BCUT2D eigenvalue weighted by molar-refractivity contribution is 7.89. The summed E-state index contributed by atoms with van der Waals surface area (Å²) in [6, 6.07) is 4.42. The molecule has 0 bridgehead atoms. The van der Waals surface area contributed by atoms with Crippen molar-refractivity contribution in [1.29, 1.82) is 0 Å². The lowest BCUT2D eigenvalue weighted by Crippen LogP contribution is -2.23. The van der Waals surface area contributed by atoms with Gasteiger partial charge in [0.15, 0.2) is 0 Å². The lowest BCUT2D eigenvalue weighted by Gasteiger charge is -2.09. The highest BCUT2D eigenvalue weighted by atomic mass is 32.2. The minimum absolute atomic E-state index is 0.0982. The third-order valence-electron chi connectivity index (χ3n) is 1.81. The first-order valence-corrected chi connectivity index (χ1v) is 5.92. The predicted octanol–water partition coefficient (Wildman–Crippen LogP) is 0.576. The van der Waals surface area contributed by atoms with Gasteiger partial charge in [0.2, 0.25) is 10.0 Å². The minimum Gasteiger partial charge on any atom is -0.495 e. The fraction of sp³-hybridized carbons (Fsp3) is 0.333. The highest BCUT2D eigenvalue weighted by Crippen LogP contribution is 2.25. The van der Waals surface area contributed by atoms with Crippen molar-refractivity contribution in [2.24, 2.45) is 0 Å². The van der Waals surface area contributed by atoms with Crippen LogP contribution in [0.25, 0.3) is 0 Å². The molecule has 0 spiro atoms. The molecule has 0 aliphatic rings. The van der Waals surface area contributed by atoms with Crippen LogP contribution in [-0.2, 0) is 10.0 Å². The quantitative estimate of drug-likeness (QED) is 0.741. The number of sulfonamides is 1. The van der Waals surface area contributed by atoms with Crippen molar-refractivity contribution in [1.82, 2.24) is 4.72 Å². The number of nitrogens with two attached hydrogens (primary N) is 1. The fourth-order valence-electron chi connectivity index (χ4n) is 1.17. The van der Waals surface area contributed by atoms with Crippen molar-refractivity contribution in [3.8, 4) is 5.75 Å². The van der Waals surface area contributed by atoms with Crippen molar-refractivity contribution in [2.75, 3.05) is 19.4 Å². The molecule has 1 aromatic rings. The second kappa shape index (κ2) is 4.50. The Labute approximate surface area is 89.3 Å². The van der Waals surface area contributed by atoms with E-state index in [0.29, 0.717) is 12.2 Å². The number of hydrogen-bond acceptors (Lipinski definition) is 4. The van der Waals surface area contributed by atoms with E-state index in [2.05, 4.69) is 4.72 Å². The Morgan fingerprint density at radius 3 is 2.67 bits per heavy atom. The second-order valence-electron chi connectivity index (χ2n) is 2.91. The molecule has 3 N–H and O–H groups in total. The Hall–Kier alpha value is -1.27. The summed E-state index contributed by atoms with van der Waals surface area (Å²) in [5.74, 6) is 0.246. The molecule has 0 atom stereocenters. The second-order valence-corrected chi connectivity index (χ2v) is 4.65. The summed E-state index contributed by atoms with van der Waals surface area (Å²) in [6.45, 7) is 2.04. The Bertz CT molecular complexity index is 443. The maximum Gasteiger partial charge on any atom is 0.244 e. The number of benzene rings is 1. The van der Waals surface area contributed by atoms with Crippen LogP contribution in [0.1, 0.15) is 6.92 Å². The van der Waals surface area contributed by atoms with Crippen molar-refractivity contribution in [3.05, 3.63) is 18.2 Å². The number of hydrogen-bond donors (Lipinski definition) is 2. The van der Waals surface area contributed by atoms with E-state index in [1.54, 1.807) is 6.92 Å². The number of anilines is 1. The lowest BCUT2D eigenvalue weighted by atomic mass is 10.3. The van der Waals surface area contributed by atoms with Gasteiger partial charge < -0.3 is 10.5 Å². The van der Waals surface area contributed by atoms with Gasteiger partial charge in [0.1, 0.15) is 10.6 Å². The van der Waals surface area contributed by atoms with E-state index in [-0.39, 0.29) is 10.6 Å². The maximum absolute atomic E-state index is 11.7. The van der Waals surface area contributed by atoms with Crippen LogP contribution in [0.2, 0.25) is 0 Å². The molecule has 84 valence electrons. The van der Waals surface area contributed by atoms with Gasteiger partial charge in [-0.15, -0.1) is 0 Å². The summed E-state index contributed by atoms with van der Waals surface area (Å²) in [7, 11) is -2.10. The molecule has 0 amide bonds. The third-order valence-corrected chi connectivity index (χ3v) is 3.40. The molecule has 0 aromatic heterocycles. The van der Waals surface area contributed by atoms with Crippen molar-refractivity contribution >= 4 is 15.7 Å². The van der Waals surface area contributed by atoms with Crippen LogP contribution in [0, 0.1) is 0 Å². The molecule has 5 nitrogen and oxygen atoms in total. The standard InChI is InChI=1S/C9H14N2O3S/c1-3-11-15(12,13)9-5-4-7(10)6-8(9)14-2/h4-6,11H,3,10H2,1-2H3.